The Balaban J connectivity index is -0.00000240. The largest absolute Gasteiger partial charge is 1.00 e. The average Bonchev–Trinajstić information content (AvgIpc) is 2.81. The number of hydrogen-bond acceptors (Lipinski definition) is 16. The molecule has 2 heterocycles. The fourth-order valence-corrected chi connectivity index (χ4v) is 5.17. The molecule has 2 rings (SSSR count). The van der Waals surface area contributed by atoms with Gasteiger partial charge in [-0.1, -0.05) is 0 Å². The third-order valence-electron chi connectivity index (χ3n) is 3.58. The van der Waals surface area contributed by atoms with Crippen molar-refractivity contribution in [2.45, 2.75) is 31.5 Å². The van der Waals surface area contributed by atoms with Gasteiger partial charge in [0.15, 0.2) is 6.23 Å². The molecule has 1 fully saturated rings. The van der Waals surface area contributed by atoms with Gasteiger partial charge < -0.3 is 49.3 Å². The number of nitrogens with two attached hydrogens (primary N) is 1. The van der Waals surface area contributed by atoms with Crippen molar-refractivity contribution < 1.29 is 137 Å². The van der Waals surface area contributed by atoms with Crippen LogP contribution in [0.2, 0.25) is 0 Å². The average molecular weight is 521 g/mol. The Hall–Kier alpha value is 1.36. The van der Waals surface area contributed by atoms with E-state index in [0.717, 1.165) is 10.8 Å². The number of aromatic nitrogens is 2. The molecule has 1 aliphatic heterocycles. The quantitative estimate of drug-likeness (QED) is 0.211. The van der Waals surface area contributed by atoms with Gasteiger partial charge in [0.25, 0.3) is 15.6 Å². The molecule has 0 aliphatic carbocycles. The van der Waals surface area contributed by atoms with Gasteiger partial charge in [-0.05, 0) is 6.92 Å². The number of hydrogen-bond donors (Lipinski definition) is 3. The molecule has 34 heavy (non-hydrogen) atoms. The second kappa shape index (κ2) is 15.1. The Bertz CT molecular complexity index is 1010. The molecular weight excluding hydrogens is 507 g/mol. The third-order valence-corrected chi connectivity index (χ3v) is 7.25. The van der Waals surface area contributed by atoms with E-state index in [9.17, 15) is 48.3 Å². The van der Waals surface area contributed by atoms with Crippen LogP contribution in [0.5, 0.6) is 0 Å². The number of aryl methyl sites for hydroxylation is 1. The molecule has 0 radical (unpaired) electrons. The Morgan fingerprint density at radius 2 is 1.59 bits per heavy atom. The number of aliphatic hydroxyl groups is 2. The van der Waals surface area contributed by atoms with Gasteiger partial charge in [0, 0.05) is 11.8 Å². The Morgan fingerprint density at radius 3 is 2.09 bits per heavy atom. The maximum atomic E-state index is 11.9. The number of ether oxygens (including phenoxy) is 1. The molecule has 4 N–H and O–H groups in total. The molecule has 17 nitrogen and oxygen atoms in total. The van der Waals surface area contributed by atoms with Crippen molar-refractivity contribution in [1.29, 1.82) is 0 Å². The van der Waals surface area contributed by atoms with Crippen LogP contribution in [0.15, 0.2) is 11.0 Å². The normalized spacial score (nSPS) is 25.4. The number of phosphoric acid groups is 3. The summed E-state index contributed by atoms with van der Waals surface area (Å²) < 4.78 is 49.3. The third kappa shape index (κ3) is 11.4. The van der Waals surface area contributed by atoms with E-state index in [4.69, 9.17) is 10.5 Å². The van der Waals surface area contributed by atoms with Gasteiger partial charge in [-0.3, -0.25) is 18.0 Å². The molecule has 0 amide bonds. The van der Waals surface area contributed by atoms with E-state index >= 15 is 0 Å². The second-order valence-electron chi connectivity index (χ2n) is 5.85. The molecule has 24 heteroatoms. The van der Waals surface area contributed by atoms with E-state index in [1.54, 1.807) is 0 Å². The van der Waals surface area contributed by atoms with E-state index < -0.39 is 60.3 Å². The predicted octanol–water partition coefficient (Wildman–Crippen LogP) is -16.4. The first-order chi connectivity index (χ1) is 13.5. The van der Waals surface area contributed by atoms with E-state index in [0.29, 0.717) is 5.56 Å². The summed E-state index contributed by atoms with van der Waals surface area (Å²) in [6, 6.07) is 0. The van der Waals surface area contributed by atoms with Gasteiger partial charge in [0.2, 0.25) is 0 Å². The van der Waals surface area contributed by atoms with Crippen LogP contribution in [0.3, 0.4) is 0 Å². The molecule has 0 spiro atoms. The maximum absolute atomic E-state index is 11.9. The number of nitrogen functional groups attached to an aromatic ring is 1. The van der Waals surface area contributed by atoms with Crippen LogP contribution in [-0.4, -0.2) is 44.7 Å². The minimum Gasteiger partial charge on any atom is -0.790 e. The maximum Gasteiger partial charge on any atom is 1.00 e. The minimum atomic E-state index is -6.16. The Labute approximate surface area is 240 Å². The molecule has 2 unspecified atom stereocenters. The molecule has 1 aliphatic rings. The van der Waals surface area contributed by atoms with Crippen LogP contribution in [-0.2, 0) is 31.6 Å². The van der Waals surface area contributed by atoms with Crippen molar-refractivity contribution in [1.82, 2.24) is 9.55 Å². The van der Waals surface area contributed by atoms with Crippen molar-refractivity contribution in [3.8, 4) is 0 Å². The monoisotopic (exact) mass is 521 g/mol. The molecule has 172 valence electrons. The van der Waals surface area contributed by atoms with Gasteiger partial charge >= 0.3 is 81.1 Å². The summed E-state index contributed by atoms with van der Waals surface area (Å²) in [5, 5.41) is 20.0. The van der Waals surface area contributed by atoms with Crippen molar-refractivity contribution in [2.24, 2.45) is 0 Å². The summed E-state index contributed by atoms with van der Waals surface area (Å²) in [4.78, 5) is 58.5. The van der Waals surface area contributed by atoms with E-state index in [1.807, 2.05) is 0 Å². The summed E-state index contributed by atoms with van der Waals surface area (Å²) in [5.41, 5.74) is 4.83. The first-order valence-corrected chi connectivity index (χ1v) is 12.0. The number of aliphatic hydroxyl groups excluding tert-OH is 2. The van der Waals surface area contributed by atoms with E-state index in [2.05, 4.69) is 18.1 Å². The van der Waals surface area contributed by atoms with Crippen molar-refractivity contribution in [3.05, 3.63) is 22.2 Å². The molecule has 1 aromatic heterocycles. The summed E-state index contributed by atoms with van der Waals surface area (Å²) in [5.74, 6) is -0.0985. The second-order valence-corrected chi connectivity index (χ2v) is 10.1. The molecule has 1 saturated heterocycles. The van der Waals surface area contributed by atoms with Crippen molar-refractivity contribution in [3.63, 3.8) is 0 Å². The number of phosphoric ester groups is 1. The van der Waals surface area contributed by atoms with Crippen LogP contribution in [0, 0.1) is 6.92 Å². The first kappa shape index (κ1) is 39.9. The number of anilines is 1. The minimum absolute atomic E-state index is 0. The van der Waals surface area contributed by atoms with Gasteiger partial charge in [-0.15, -0.1) is 0 Å². The number of rotatable bonds is 8. The van der Waals surface area contributed by atoms with Crippen LogP contribution in [0.25, 0.3) is 0 Å². The number of nitrogens with zero attached hydrogens (tertiary/aromatic N) is 2. The fraction of sp³-hybridized carbons (Fsp3) is 0.600. The van der Waals surface area contributed by atoms with Crippen molar-refractivity contribution in [2.75, 3.05) is 12.3 Å². The molecular formula is C10H14Li4N3O14P3. The summed E-state index contributed by atoms with van der Waals surface area (Å²) in [7, 11) is -18.1. The fourth-order valence-electron chi connectivity index (χ4n) is 2.31. The van der Waals surface area contributed by atoms with Crippen LogP contribution >= 0.6 is 23.5 Å². The van der Waals surface area contributed by atoms with Crippen LogP contribution in [0.4, 0.5) is 5.82 Å². The van der Waals surface area contributed by atoms with Gasteiger partial charge in [-0.25, -0.2) is 9.11 Å². The van der Waals surface area contributed by atoms with E-state index in [-0.39, 0.29) is 81.3 Å². The molecule has 6 atom stereocenters. The smallest absolute Gasteiger partial charge is 0.790 e. The summed E-state index contributed by atoms with van der Waals surface area (Å²) >= 11 is 0. The van der Waals surface area contributed by atoms with E-state index in [1.165, 1.54) is 6.92 Å². The zero-order valence-electron chi connectivity index (χ0n) is 18.7. The Kier molecular flexibility index (Phi) is 17.7. The SMILES string of the molecule is Cc1cn([C@@H]2O[C@H](COP(=O)([O-])OP(=O)([O-])OP(=O)([O-])[O-])[C@@H](O)[C@H]2O)c(=O)nc1N.[Li+].[Li+].[Li+].[Li+]. The standard InChI is InChI=1S/C10H18N3O14P3.4Li/c1-4-2-13(10(16)12-8(4)11)9-7(15)6(14)5(25-9)3-24-29(20,21)27-30(22,23)26-28(17,18)19;;;;/h2,5-7,9,14-15H,3H2,1H3,(H,20,21)(H,22,23)(H2,11,12,16)(H2,17,18,19);;;;/q;4*+1/p-4/t5-,6-,7-,9-;;;;/m1..../s1. The molecule has 0 bridgehead atoms. The zero-order valence-corrected chi connectivity index (χ0v) is 21.4. The van der Waals surface area contributed by atoms with Crippen molar-refractivity contribution >= 4 is 29.3 Å². The molecule has 1 aromatic rings. The van der Waals surface area contributed by atoms with Gasteiger partial charge in [0.05, 0.1) is 14.4 Å². The molecule has 0 saturated carbocycles. The summed E-state index contributed by atoms with van der Waals surface area (Å²) in [6.45, 7) is 0.339. The van der Waals surface area contributed by atoms with Crippen LogP contribution < -0.4 is 106 Å². The van der Waals surface area contributed by atoms with Crippen LogP contribution in [0.1, 0.15) is 11.8 Å². The van der Waals surface area contributed by atoms with Gasteiger partial charge in [0.1, 0.15) is 24.1 Å². The zero-order chi connectivity index (χ0) is 23.1. The molecule has 0 aromatic carbocycles. The summed E-state index contributed by atoms with van der Waals surface area (Å²) in [6.07, 6.45) is -5.60. The predicted molar refractivity (Wildman–Crippen MR) is 84.5 cm³/mol. The topological polar surface area (TPSA) is 282 Å². The van der Waals surface area contributed by atoms with Gasteiger partial charge in [-0.2, -0.15) is 4.98 Å². The first-order valence-electron chi connectivity index (χ1n) is 7.59. The Morgan fingerprint density at radius 1 is 1.06 bits per heavy atom.